The molecule has 2 rings (SSSR count). The number of ketones is 1. The van der Waals surface area contributed by atoms with Crippen molar-refractivity contribution in [2.45, 2.75) is 33.8 Å². The predicted molar refractivity (Wildman–Crippen MR) is 88.3 cm³/mol. The highest BCUT2D eigenvalue weighted by Crippen LogP contribution is 2.23. The second-order valence-corrected chi connectivity index (χ2v) is 5.73. The first kappa shape index (κ1) is 16.7. The largest absolute Gasteiger partial charge is 0.479 e. The SMILES string of the molecule is Cc1cc(C)c(C(=O)c2cccc(OC(C)C(=O)O)c2)c(C)c1. The summed E-state index contributed by atoms with van der Waals surface area (Å²) in [5.74, 6) is -0.770. The normalized spacial score (nSPS) is 11.8. The highest BCUT2D eigenvalue weighted by Gasteiger charge is 2.17. The number of rotatable bonds is 5. The van der Waals surface area contributed by atoms with Crippen LogP contribution in [0, 0.1) is 20.8 Å². The molecule has 0 aromatic heterocycles. The first-order chi connectivity index (χ1) is 10.8. The predicted octanol–water partition coefficient (Wildman–Crippen LogP) is 3.69. The summed E-state index contributed by atoms with van der Waals surface area (Å²) in [6, 6.07) is 10.6. The molecule has 2 aromatic rings. The van der Waals surface area contributed by atoms with E-state index in [0.29, 0.717) is 16.9 Å². The lowest BCUT2D eigenvalue weighted by Gasteiger charge is -2.13. The molecule has 0 fully saturated rings. The minimum Gasteiger partial charge on any atom is -0.479 e. The van der Waals surface area contributed by atoms with Crippen LogP contribution in [0.3, 0.4) is 0 Å². The summed E-state index contributed by atoms with van der Waals surface area (Å²) < 4.78 is 5.33. The van der Waals surface area contributed by atoms with Gasteiger partial charge in [0.2, 0.25) is 0 Å². The highest BCUT2D eigenvalue weighted by atomic mass is 16.5. The van der Waals surface area contributed by atoms with Gasteiger partial charge in [0.15, 0.2) is 11.9 Å². The smallest absolute Gasteiger partial charge is 0.344 e. The lowest BCUT2D eigenvalue weighted by molar-refractivity contribution is -0.144. The summed E-state index contributed by atoms with van der Waals surface area (Å²) in [7, 11) is 0. The van der Waals surface area contributed by atoms with Crippen molar-refractivity contribution in [1.82, 2.24) is 0 Å². The van der Waals surface area contributed by atoms with Gasteiger partial charge in [-0.15, -0.1) is 0 Å². The Hall–Kier alpha value is -2.62. The fourth-order valence-electron chi connectivity index (χ4n) is 2.65. The number of ether oxygens (including phenoxy) is 1. The third kappa shape index (κ3) is 3.77. The third-order valence-electron chi connectivity index (χ3n) is 3.66. The van der Waals surface area contributed by atoms with Crippen LogP contribution in [0.2, 0.25) is 0 Å². The van der Waals surface area contributed by atoms with Crippen LogP contribution in [0.5, 0.6) is 5.75 Å². The molecule has 0 radical (unpaired) electrons. The van der Waals surface area contributed by atoms with Crippen molar-refractivity contribution in [2.75, 3.05) is 0 Å². The van der Waals surface area contributed by atoms with Gasteiger partial charge < -0.3 is 9.84 Å². The quantitative estimate of drug-likeness (QED) is 0.855. The Bertz CT molecular complexity index is 739. The fourth-order valence-corrected chi connectivity index (χ4v) is 2.65. The number of carboxylic acid groups (broad SMARTS) is 1. The van der Waals surface area contributed by atoms with Gasteiger partial charge in [0.05, 0.1) is 0 Å². The number of benzene rings is 2. The molecule has 0 aliphatic heterocycles. The van der Waals surface area contributed by atoms with Gasteiger partial charge in [-0.2, -0.15) is 0 Å². The second-order valence-electron chi connectivity index (χ2n) is 5.73. The summed E-state index contributed by atoms with van der Waals surface area (Å²) >= 11 is 0. The molecule has 120 valence electrons. The van der Waals surface area contributed by atoms with Crippen LogP contribution in [0.1, 0.15) is 39.5 Å². The van der Waals surface area contributed by atoms with Crippen LogP contribution in [-0.2, 0) is 4.79 Å². The lowest BCUT2D eigenvalue weighted by atomic mass is 9.93. The maximum atomic E-state index is 12.8. The van der Waals surface area contributed by atoms with Gasteiger partial charge >= 0.3 is 5.97 Å². The Morgan fingerprint density at radius 3 is 2.22 bits per heavy atom. The van der Waals surface area contributed by atoms with Gasteiger partial charge in [-0.05, 0) is 51.0 Å². The maximum Gasteiger partial charge on any atom is 0.344 e. The monoisotopic (exact) mass is 312 g/mol. The third-order valence-corrected chi connectivity index (χ3v) is 3.66. The van der Waals surface area contributed by atoms with Gasteiger partial charge in [0.1, 0.15) is 5.75 Å². The van der Waals surface area contributed by atoms with Crippen LogP contribution in [0.4, 0.5) is 0 Å². The number of aryl methyl sites for hydroxylation is 3. The van der Waals surface area contributed by atoms with Crippen molar-refractivity contribution in [3.63, 3.8) is 0 Å². The molecular formula is C19H20O4. The van der Waals surface area contributed by atoms with Gasteiger partial charge in [0.25, 0.3) is 0 Å². The number of aliphatic carboxylic acids is 1. The van der Waals surface area contributed by atoms with Crippen molar-refractivity contribution in [1.29, 1.82) is 0 Å². The number of hydrogen-bond acceptors (Lipinski definition) is 3. The zero-order valence-electron chi connectivity index (χ0n) is 13.7. The van der Waals surface area contributed by atoms with Crippen LogP contribution < -0.4 is 4.74 Å². The number of carboxylic acids is 1. The Balaban J connectivity index is 2.36. The zero-order chi connectivity index (χ0) is 17.1. The van der Waals surface area contributed by atoms with Crippen LogP contribution in [0.25, 0.3) is 0 Å². The minimum atomic E-state index is -1.05. The molecule has 0 saturated heterocycles. The summed E-state index contributed by atoms with van der Waals surface area (Å²) in [5, 5.41) is 8.91. The van der Waals surface area contributed by atoms with Crippen molar-refractivity contribution in [3.8, 4) is 5.75 Å². The Kier molecular flexibility index (Phi) is 4.84. The van der Waals surface area contributed by atoms with Crippen molar-refractivity contribution < 1.29 is 19.4 Å². The number of hydrogen-bond donors (Lipinski definition) is 1. The second kappa shape index (κ2) is 6.65. The summed E-state index contributed by atoms with van der Waals surface area (Å²) in [4.78, 5) is 23.7. The number of carbonyl (C=O) groups is 2. The molecule has 0 amide bonds. The molecular weight excluding hydrogens is 292 g/mol. The van der Waals surface area contributed by atoms with E-state index in [4.69, 9.17) is 9.84 Å². The van der Waals surface area contributed by atoms with Crippen LogP contribution in [0.15, 0.2) is 36.4 Å². The summed E-state index contributed by atoms with van der Waals surface area (Å²) in [5.41, 5.74) is 4.13. The average molecular weight is 312 g/mol. The van der Waals surface area contributed by atoms with Crippen LogP contribution >= 0.6 is 0 Å². The van der Waals surface area contributed by atoms with E-state index >= 15 is 0 Å². The van der Waals surface area contributed by atoms with Crippen molar-refractivity contribution >= 4 is 11.8 Å². The standard InChI is InChI=1S/C19H20O4/c1-11-8-12(2)17(13(3)9-11)18(20)15-6-5-7-16(10-15)23-14(4)19(21)22/h5-10,14H,1-4H3,(H,21,22). The zero-order valence-corrected chi connectivity index (χ0v) is 13.7. The minimum absolute atomic E-state index is 0.0894. The molecule has 1 atom stereocenters. The Labute approximate surface area is 135 Å². The van der Waals surface area contributed by atoms with E-state index in [0.717, 1.165) is 16.7 Å². The average Bonchev–Trinajstić information content (AvgIpc) is 2.46. The van der Waals surface area contributed by atoms with E-state index < -0.39 is 12.1 Å². The van der Waals surface area contributed by atoms with Gasteiger partial charge in [0, 0.05) is 11.1 Å². The molecule has 0 heterocycles. The lowest BCUT2D eigenvalue weighted by Crippen LogP contribution is -2.23. The van der Waals surface area contributed by atoms with E-state index in [-0.39, 0.29) is 5.78 Å². The Morgan fingerprint density at radius 2 is 1.65 bits per heavy atom. The number of carbonyl (C=O) groups excluding carboxylic acids is 1. The van der Waals surface area contributed by atoms with E-state index in [2.05, 4.69) is 0 Å². The van der Waals surface area contributed by atoms with E-state index in [1.54, 1.807) is 24.3 Å². The van der Waals surface area contributed by atoms with E-state index in [1.165, 1.54) is 6.92 Å². The van der Waals surface area contributed by atoms with Crippen molar-refractivity contribution in [2.24, 2.45) is 0 Å². The van der Waals surface area contributed by atoms with Crippen LogP contribution in [-0.4, -0.2) is 23.0 Å². The van der Waals surface area contributed by atoms with Crippen molar-refractivity contribution in [3.05, 3.63) is 64.2 Å². The molecule has 0 saturated carbocycles. The molecule has 4 nitrogen and oxygen atoms in total. The molecule has 0 aliphatic rings. The molecule has 2 aromatic carbocycles. The molecule has 0 spiro atoms. The van der Waals surface area contributed by atoms with Gasteiger partial charge in [-0.3, -0.25) is 4.79 Å². The first-order valence-electron chi connectivity index (χ1n) is 7.41. The summed E-state index contributed by atoms with van der Waals surface area (Å²) in [6.45, 7) is 7.28. The fraction of sp³-hybridized carbons (Fsp3) is 0.263. The van der Waals surface area contributed by atoms with E-state index in [1.807, 2.05) is 32.9 Å². The van der Waals surface area contributed by atoms with Gasteiger partial charge in [-0.25, -0.2) is 4.79 Å². The molecule has 0 bridgehead atoms. The maximum absolute atomic E-state index is 12.8. The van der Waals surface area contributed by atoms with Gasteiger partial charge in [-0.1, -0.05) is 29.8 Å². The Morgan fingerprint density at radius 1 is 1.04 bits per heavy atom. The molecule has 23 heavy (non-hydrogen) atoms. The molecule has 1 unspecified atom stereocenters. The topological polar surface area (TPSA) is 63.6 Å². The molecule has 0 aliphatic carbocycles. The molecule has 4 heteroatoms. The highest BCUT2D eigenvalue weighted by molar-refractivity contribution is 6.11. The molecule has 1 N–H and O–H groups in total. The summed E-state index contributed by atoms with van der Waals surface area (Å²) in [6.07, 6.45) is -0.969. The van der Waals surface area contributed by atoms with E-state index in [9.17, 15) is 9.59 Å². The first-order valence-corrected chi connectivity index (χ1v) is 7.41.